The van der Waals surface area contributed by atoms with E-state index in [-0.39, 0.29) is 17.9 Å². The highest BCUT2D eigenvalue weighted by Gasteiger charge is 2.22. The van der Waals surface area contributed by atoms with Crippen LogP contribution in [0.1, 0.15) is 31.2 Å². The molecule has 1 aromatic carbocycles. The van der Waals surface area contributed by atoms with Crippen molar-refractivity contribution in [3.05, 3.63) is 29.6 Å². The van der Waals surface area contributed by atoms with Gasteiger partial charge in [0, 0.05) is 23.3 Å². The molecule has 0 amide bonds. The summed E-state index contributed by atoms with van der Waals surface area (Å²) in [5, 5.41) is 3.37. The molecule has 0 aromatic heterocycles. The molecule has 0 saturated heterocycles. The third-order valence-corrected chi connectivity index (χ3v) is 3.43. The highest BCUT2D eigenvalue weighted by Crippen LogP contribution is 2.24. The third kappa shape index (κ3) is 2.35. The molecule has 88 valence electrons. The second-order valence-electron chi connectivity index (χ2n) is 4.61. The monoisotopic (exact) mass is 222 g/mol. The number of hydrogen-bond acceptors (Lipinski definition) is 2. The van der Waals surface area contributed by atoms with E-state index in [2.05, 4.69) is 5.32 Å². The number of halogens is 1. The first kappa shape index (κ1) is 11.4. The summed E-state index contributed by atoms with van der Waals surface area (Å²) in [6.45, 7) is 1.80. The first-order valence-corrected chi connectivity index (χ1v) is 5.95. The quantitative estimate of drug-likeness (QED) is 0.807. The third-order valence-electron chi connectivity index (χ3n) is 3.43. The fourth-order valence-electron chi connectivity index (χ4n) is 2.30. The molecule has 0 bridgehead atoms. The molecule has 2 atom stereocenters. The van der Waals surface area contributed by atoms with Gasteiger partial charge in [-0.1, -0.05) is 18.9 Å². The van der Waals surface area contributed by atoms with Gasteiger partial charge in [-0.05, 0) is 31.9 Å². The molecule has 0 heterocycles. The van der Waals surface area contributed by atoms with Gasteiger partial charge in [-0.3, -0.25) is 0 Å². The zero-order chi connectivity index (χ0) is 11.5. The molecule has 2 nitrogen and oxygen atoms in total. The lowest BCUT2D eigenvalue weighted by molar-refractivity contribution is 0.404. The maximum atomic E-state index is 13.4. The molecule has 0 radical (unpaired) electrons. The molecule has 0 unspecified atom stereocenters. The van der Waals surface area contributed by atoms with Gasteiger partial charge in [0.2, 0.25) is 0 Å². The minimum absolute atomic E-state index is 0.158. The SMILES string of the molecule is Cc1c(F)cccc1N[C@@H]1CCCC[C@@H]1N. The molecule has 2 rings (SSSR count). The second-order valence-corrected chi connectivity index (χ2v) is 4.61. The van der Waals surface area contributed by atoms with E-state index in [1.807, 2.05) is 6.07 Å². The fraction of sp³-hybridized carbons (Fsp3) is 0.538. The normalized spacial score (nSPS) is 25.4. The van der Waals surface area contributed by atoms with Gasteiger partial charge >= 0.3 is 0 Å². The number of hydrogen-bond donors (Lipinski definition) is 2. The van der Waals surface area contributed by atoms with Crippen LogP contribution >= 0.6 is 0 Å². The highest BCUT2D eigenvalue weighted by atomic mass is 19.1. The maximum absolute atomic E-state index is 13.4. The van der Waals surface area contributed by atoms with Gasteiger partial charge in [0.05, 0.1) is 0 Å². The fourth-order valence-corrected chi connectivity index (χ4v) is 2.30. The minimum atomic E-state index is -0.158. The Hall–Kier alpha value is -1.09. The van der Waals surface area contributed by atoms with Crippen molar-refractivity contribution in [2.75, 3.05) is 5.32 Å². The minimum Gasteiger partial charge on any atom is -0.380 e. The van der Waals surface area contributed by atoms with E-state index in [0.717, 1.165) is 18.5 Å². The van der Waals surface area contributed by atoms with Gasteiger partial charge in [-0.15, -0.1) is 0 Å². The van der Waals surface area contributed by atoms with Crippen LogP contribution in [-0.2, 0) is 0 Å². The van der Waals surface area contributed by atoms with Gasteiger partial charge in [0.1, 0.15) is 5.82 Å². The Bertz CT molecular complexity index is 365. The van der Waals surface area contributed by atoms with Crippen molar-refractivity contribution in [2.24, 2.45) is 5.73 Å². The standard InChI is InChI=1S/C13H19FN2/c1-9-10(14)5-4-8-12(9)16-13-7-3-2-6-11(13)15/h4-5,8,11,13,16H,2-3,6-7,15H2,1H3/t11-,13+/m0/s1. The van der Waals surface area contributed by atoms with E-state index in [4.69, 9.17) is 5.73 Å². The summed E-state index contributed by atoms with van der Waals surface area (Å²) in [4.78, 5) is 0. The van der Waals surface area contributed by atoms with Crippen LogP contribution in [0.4, 0.5) is 10.1 Å². The molecule has 3 heteroatoms. The molecule has 0 aliphatic heterocycles. The summed E-state index contributed by atoms with van der Waals surface area (Å²) in [5.74, 6) is -0.158. The lowest BCUT2D eigenvalue weighted by atomic mass is 9.90. The average Bonchev–Trinajstić information content (AvgIpc) is 2.28. The molecular weight excluding hydrogens is 203 g/mol. The molecule has 3 N–H and O–H groups in total. The smallest absolute Gasteiger partial charge is 0.128 e. The van der Waals surface area contributed by atoms with Crippen molar-refractivity contribution in [1.82, 2.24) is 0 Å². The predicted molar refractivity (Wildman–Crippen MR) is 65.0 cm³/mol. The summed E-state index contributed by atoms with van der Waals surface area (Å²) in [7, 11) is 0. The summed E-state index contributed by atoms with van der Waals surface area (Å²) < 4.78 is 13.4. The van der Waals surface area contributed by atoms with Crippen LogP contribution in [0, 0.1) is 12.7 Å². The van der Waals surface area contributed by atoms with Crippen molar-refractivity contribution in [1.29, 1.82) is 0 Å². The molecule has 1 fully saturated rings. The van der Waals surface area contributed by atoms with Crippen molar-refractivity contribution in [3.63, 3.8) is 0 Å². The number of nitrogens with two attached hydrogens (primary N) is 1. The molecule has 16 heavy (non-hydrogen) atoms. The van der Waals surface area contributed by atoms with Crippen LogP contribution < -0.4 is 11.1 Å². The van der Waals surface area contributed by atoms with Gasteiger partial charge in [0.15, 0.2) is 0 Å². The van der Waals surface area contributed by atoms with Crippen molar-refractivity contribution in [2.45, 2.75) is 44.7 Å². The van der Waals surface area contributed by atoms with Crippen molar-refractivity contribution < 1.29 is 4.39 Å². The second kappa shape index (κ2) is 4.83. The van der Waals surface area contributed by atoms with E-state index in [9.17, 15) is 4.39 Å². The molecule has 1 aliphatic rings. The summed E-state index contributed by atoms with van der Waals surface area (Å²) >= 11 is 0. The van der Waals surface area contributed by atoms with E-state index < -0.39 is 0 Å². The Kier molecular flexibility index (Phi) is 3.44. The molecule has 1 saturated carbocycles. The summed E-state index contributed by atoms with van der Waals surface area (Å²) in [5.41, 5.74) is 7.62. The van der Waals surface area contributed by atoms with Crippen LogP contribution in [0.5, 0.6) is 0 Å². The topological polar surface area (TPSA) is 38.0 Å². The van der Waals surface area contributed by atoms with E-state index >= 15 is 0 Å². The largest absolute Gasteiger partial charge is 0.380 e. The van der Waals surface area contributed by atoms with Crippen molar-refractivity contribution >= 4 is 5.69 Å². The number of benzene rings is 1. The van der Waals surface area contributed by atoms with Gasteiger partial charge in [0.25, 0.3) is 0 Å². The van der Waals surface area contributed by atoms with Crippen LogP contribution in [0.15, 0.2) is 18.2 Å². The van der Waals surface area contributed by atoms with E-state index in [1.54, 1.807) is 13.0 Å². The Morgan fingerprint density at radius 1 is 1.31 bits per heavy atom. The zero-order valence-electron chi connectivity index (χ0n) is 9.67. The average molecular weight is 222 g/mol. The Balaban J connectivity index is 2.10. The van der Waals surface area contributed by atoms with Crippen LogP contribution in [0.2, 0.25) is 0 Å². The first-order valence-electron chi connectivity index (χ1n) is 5.95. The van der Waals surface area contributed by atoms with Crippen LogP contribution in [0.25, 0.3) is 0 Å². The molecule has 1 aromatic rings. The maximum Gasteiger partial charge on any atom is 0.128 e. The van der Waals surface area contributed by atoms with E-state index in [0.29, 0.717) is 5.56 Å². The Labute approximate surface area is 96.0 Å². The number of rotatable bonds is 2. The summed E-state index contributed by atoms with van der Waals surface area (Å²) in [6, 6.07) is 5.62. The number of nitrogens with one attached hydrogen (secondary N) is 1. The van der Waals surface area contributed by atoms with Crippen LogP contribution in [0.3, 0.4) is 0 Å². The van der Waals surface area contributed by atoms with Gasteiger partial charge < -0.3 is 11.1 Å². The Morgan fingerprint density at radius 3 is 2.81 bits per heavy atom. The molecular formula is C13H19FN2. The van der Waals surface area contributed by atoms with Crippen LogP contribution in [-0.4, -0.2) is 12.1 Å². The van der Waals surface area contributed by atoms with E-state index in [1.165, 1.54) is 18.9 Å². The number of anilines is 1. The zero-order valence-corrected chi connectivity index (χ0v) is 9.67. The lowest BCUT2D eigenvalue weighted by Crippen LogP contribution is -2.42. The van der Waals surface area contributed by atoms with Crippen molar-refractivity contribution in [3.8, 4) is 0 Å². The van der Waals surface area contributed by atoms with Gasteiger partial charge in [-0.2, -0.15) is 0 Å². The molecule has 1 aliphatic carbocycles. The first-order chi connectivity index (χ1) is 7.68. The Morgan fingerprint density at radius 2 is 2.06 bits per heavy atom. The summed E-state index contributed by atoms with van der Waals surface area (Å²) in [6.07, 6.45) is 4.56. The lowest BCUT2D eigenvalue weighted by Gasteiger charge is -2.30. The predicted octanol–water partition coefficient (Wildman–Crippen LogP) is 2.82. The highest BCUT2D eigenvalue weighted by molar-refractivity contribution is 5.51. The van der Waals surface area contributed by atoms with Gasteiger partial charge in [-0.25, -0.2) is 4.39 Å². The molecule has 0 spiro atoms.